The predicted octanol–water partition coefficient (Wildman–Crippen LogP) is 1.20. The Balaban J connectivity index is 3.14. The number of carbonyl (C=O) groups is 1. The molecule has 5 heteroatoms. The number of nitrogens with one attached hydrogen (secondary N) is 1. The van der Waals surface area contributed by atoms with Crippen molar-refractivity contribution in [3.63, 3.8) is 0 Å². The van der Waals surface area contributed by atoms with E-state index in [1.54, 1.807) is 13.1 Å². The Morgan fingerprint density at radius 3 is 2.71 bits per heavy atom. The first-order valence-electron chi connectivity index (χ1n) is 5.35. The lowest BCUT2D eigenvalue weighted by molar-refractivity contribution is 0.0992. The van der Waals surface area contributed by atoms with Crippen LogP contribution in [0.1, 0.15) is 17.3 Å². The highest BCUT2D eigenvalue weighted by Gasteiger charge is 2.15. The van der Waals surface area contributed by atoms with Gasteiger partial charge >= 0.3 is 0 Å². The SMILES string of the molecule is CCOc1cc(C(=O)CNC)cc(O)c1OC. The zero-order valence-electron chi connectivity index (χ0n) is 10.2. The quantitative estimate of drug-likeness (QED) is 0.730. The van der Waals surface area contributed by atoms with Gasteiger partial charge in [0.2, 0.25) is 5.75 Å². The van der Waals surface area contributed by atoms with Gasteiger partial charge in [0.05, 0.1) is 20.3 Å². The minimum absolute atomic E-state index is 0.0992. The van der Waals surface area contributed by atoms with Crippen LogP contribution < -0.4 is 14.8 Å². The number of hydrogen-bond donors (Lipinski definition) is 2. The summed E-state index contributed by atoms with van der Waals surface area (Å²) in [6.07, 6.45) is 0. The van der Waals surface area contributed by atoms with Crippen molar-refractivity contribution in [2.75, 3.05) is 27.3 Å². The van der Waals surface area contributed by atoms with E-state index >= 15 is 0 Å². The fourth-order valence-corrected chi connectivity index (χ4v) is 1.48. The molecule has 0 unspecified atom stereocenters. The minimum atomic E-state index is -0.119. The van der Waals surface area contributed by atoms with Crippen LogP contribution in [0.2, 0.25) is 0 Å². The van der Waals surface area contributed by atoms with E-state index < -0.39 is 0 Å². The Kier molecular flexibility index (Phi) is 4.78. The number of carbonyl (C=O) groups excluding carboxylic acids is 1. The molecule has 94 valence electrons. The normalized spacial score (nSPS) is 10.1. The molecule has 0 saturated carbocycles. The van der Waals surface area contributed by atoms with Crippen molar-refractivity contribution in [1.82, 2.24) is 5.32 Å². The average Bonchev–Trinajstić information content (AvgIpc) is 2.29. The standard InChI is InChI=1S/C12H17NO4/c1-4-17-11-6-8(10(15)7-13-2)5-9(14)12(11)16-3/h5-6,13-14H,4,7H2,1-3H3. The number of ether oxygens (including phenoxy) is 2. The number of Topliss-reactive ketones (excluding diaryl/α,β-unsaturated/α-hetero) is 1. The highest BCUT2D eigenvalue weighted by molar-refractivity contribution is 5.98. The summed E-state index contributed by atoms with van der Waals surface area (Å²) in [6.45, 7) is 2.45. The van der Waals surface area contributed by atoms with E-state index in [0.29, 0.717) is 17.9 Å². The van der Waals surface area contributed by atoms with Crippen LogP contribution in [-0.2, 0) is 0 Å². The summed E-state index contributed by atoms with van der Waals surface area (Å²) in [5.41, 5.74) is 0.390. The monoisotopic (exact) mass is 239 g/mol. The minimum Gasteiger partial charge on any atom is -0.504 e. The number of methoxy groups -OCH3 is 1. The molecule has 0 aromatic heterocycles. The number of phenolic OH excluding ortho intramolecular Hbond substituents is 1. The van der Waals surface area contributed by atoms with E-state index in [9.17, 15) is 9.90 Å². The molecular formula is C12H17NO4. The van der Waals surface area contributed by atoms with Crippen LogP contribution in [0.3, 0.4) is 0 Å². The maximum absolute atomic E-state index is 11.7. The van der Waals surface area contributed by atoms with Crippen LogP contribution in [-0.4, -0.2) is 38.2 Å². The molecule has 0 fully saturated rings. The number of benzene rings is 1. The van der Waals surface area contributed by atoms with Gasteiger partial charge in [0.15, 0.2) is 17.3 Å². The molecule has 0 amide bonds. The van der Waals surface area contributed by atoms with Crippen LogP contribution in [0, 0.1) is 0 Å². The molecule has 1 aromatic carbocycles. The lowest BCUT2D eigenvalue weighted by atomic mass is 10.1. The van der Waals surface area contributed by atoms with E-state index in [-0.39, 0.29) is 23.8 Å². The molecule has 0 radical (unpaired) electrons. The second-order valence-corrected chi connectivity index (χ2v) is 3.41. The van der Waals surface area contributed by atoms with Crippen LogP contribution in [0.15, 0.2) is 12.1 Å². The Morgan fingerprint density at radius 1 is 1.47 bits per heavy atom. The van der Waals surface area contributed by atoms with Gasteiger partial charge in [-0.05, 0) is 26.1 Å². The smallest absolute Gasteiger partial charge is 0.203 e. The van der Waals surface area contributed by atoms with Gasteiger partial charge in [-0.3, -0.25) is 4.79 Å². The van der Waals surface area contributed by atoms with Crippen molar-refractivity contribution < 1.29 is 19.4 Å². The molecule has 17 heavy (non-hydrogen) atoms. The fourth-order valence-electron chi connectivity index (χ4n) is 1.48. The number of ketones is 1. The summed E-state index contributed by atoms with van der Waals surface area (Å²) in [7, 11) is 3.12. The summed E-state index contributed by atoms with van der Waals surface area (Å²) in [5.74, 6) is 0.395. The lowest BCUT2D eigenvalue weighted by Gasteiger charge is -2.12. The molecular weight excluding hydrogens is 222 g/mol. The van der Waals surface area contributed by atoms with Gasteiger partial charge in [0.25, 0.3) is 0 Å². The third-order valence-electron chi connectivity index (χ3n) is 2.20. The number of rotatable bonds is 6. The Hall–Kier alpha value is -1.75. The molecule has 0 aliphatic carbocycles. The summed E-state index contributed by atoms with van der Waals surface area (Å²) in [5, 5.41) is 12.5. The van der Waals surface area contributed by atoms with Crippen LogP contribution in [0.25, 0.3) is 0 Å². The highest BCUT2D eigenvalue weighted by atomic mass is 16.5. The zero-order valence-corrected chi connectivity index (χ0v) is 10.2. The van der Waals surface area contributed by atoms with Crippen molar-refractivity contribution in [1.29, 1.82) is 0 Å². The van der Waals surface area contributed by atoms with Crippen molar-refractivity contribution in [2.45, 2.75) is 6.92 Å². The lowest BCUT2D eigenvalue weighted by Crippen LogP contribution is -2.18. The number of phenols is 1. The number of aromatic hydroxyl groups is 1. The maximum Gasteiger partial charge on any atom is 0.203 e. The second-order valence-electron chi connectivity index (χ2n) is 3.41. The van der Waals surface area contributed by atoms with Gasteiger partial charge in [0, 0.05) is 5.56 Å². The van der Waals surface area contributed by atoms with Gasteiger partial charge in [-0.2, -0.15) is 0 Å². The van der Waals surface area contributed by atoms with E-state index in [4.69, 9.17) is 9.47 Å². The van der Waals surface area contributed by atoms with Crippen LogP contribution in [0.4, 0.5) is 0 Å². The largest absolute Gasteiger partial charge is 0.504 e. The van der Waals surface area contributed by atoms with Gasteiger partial charge in [-0.15, -0.1) is 0 Å². The molecule has 0 heterocycles. The molecule has 0 atom stereocenters. The van der Waals surface area contributed by atoms with E-state index in [2.05, 4.69) is 5.32 Å². The van der Waals surface area contributed by atoms with Crippen molar-refractivity contribution in [3.8, 4) is 17.2 Å². The summed E-state index contributed by atoms with van der Waals surface area (Å²) >= 11 is 0. The second kappa shape index (κ2) is 6.10. The van der Waals surface area contributed by atoms with E-state index in [1.165, 1.54) is 13.2 Å². The average molecular weight is 239 g/mol. The predicted molar refractivity (Wildman–Crippen MR) is 64.1 cm³/mol. The van der Waals surface area contributed by atoms with Gasteiger partial charge in [-0.1, -0.05) is 0 Å². The summed E-state index contributed by atoms with van der Waals surface area (Å²) in [6, 6.07) is 2.95. The van der Waals surface area contributed by atoms with Crippen molar-refractivity contribution in [2.24, 2.45) is 0 Å². The molecule has 2 N–H and O–H groups in total. The third-order valence-corrected chi connectivity index (χ3v) is 2.20. The molecule has 0 aliphatic rings. The topological polar surface area (TPSA) is 67.8 Å². The fraction of sp³-hybridized carbons (Fsp3) is 0.417. The van der Waals surface area contributed by atoms with Crippen LogP contribution >= 0.6 is 0 Å². The first-order chi connectivity index (χ1) is 8.13. The van der Waals surface area contributed by atoms with Gasteiger partial charge < -0.3 is 19.9 Å². The highest BCUT2D eigenvalue weighted by Crippen LogP contribution is 2.37. The van der Waals surface area contributed by atoms with Gasteiger partial charge in [-0.25, -0.2) is 0 Å². The molecule has 0 bridgehead atoms. The Labute approximate surface area is 100 Å². The number of hydrogen-bond acceptors (Lipinski definition) is 5. The summed E-state index contributed by atoms with van der Waals surface area (Å²) in [4.78, 5) is 11.7. The number of likely N-dealkylation sites (N-methyl/N-ethyl adjacent to an activating group) is 1. The molecule has 0 saturated heterocycles. The first kappa shape index (κ1) is 13.3. The molecule has 0 aliphatic heterocycles. The van der Waals surface area contributed by atoms with Gasteiger partial charge in [0.1, 0.15) is 0 Å². The zero-order chi connectivity index (χ0) is 12.8. The molecule has 1 aromatic rings. The summed E-state index contributed by atoms with van der Waals surface area (Å²) < 4.78 is 10.3. The van der Waals surface area contributed by atoms with Crippen LogP contribution in [0.5, 0.6) is 17.2 Å². The first-order valence-corrected chi connectivity index (χ1v) is 5.35. The molecule has 5 nitrogen and oxygen atoms in total. The molecule has 1 rings (SSSR count). The Bertz CT molecular complexity index is 404. The molecule has 0 spiro atoms. The third kappa shape index (κ3) is 3.10. The van der Waals surface area contributed by atoms with E-state index in [1.807, 2.05) is 6.92 Å². The van der Waals surface area contributed by atoms with E-state index in [0.717, 1.165) is 0 Å². The Morgan fingerprint density at radius 2 is 2.18 bits per heavy atom. The maximum atomic E-state index is 11.7. The van der Waals surface area contributed by atoms with Crippen molar-refractivity contribution >= 4 is 5.78 Å². The van der Waals surface area contributed by atoms with Crippen molar-refractivity contribution in [3.05, 3.63) is 17.7 Å².